The molecule has 2 atom stereocenters. The lowest BCUT2D eigenvalue weighted by molar-refractivity contribution is -0.132. The fraction of sp³-hybridized carbons (Fsp3) is 0.333. The van der Waals surface area contributed by atoms with Crippen LogP contribution in [0.2, 0.25) is 0 Å². The quantitative estimate of drug-likeness (QED) is 0.910. The zero-order chi connectivity index (χ0) is 18.0. The number of carbonyl (C=O) groups excluding carboxylic acids is 1. The van der Waals surface area contributed by atoms with Crippen molar-refractivity contribution >= 4 is 17.7 Å². The number of likely N-dealkylation sites (tertiary alicyclic amines) is 1. The minimum absolute atomic E-state index is 0.0512. The van der Waals surface area contributed by atoms with Gasteiger partial charge in [-0.1, -0.05) is 60.7 Å². The Balaban J connectivity index is 1.66. The Kier molecular flexibility index (Phi) is 4.71. The number of hydrogen-bond donors (Lipinski definition) is 1. The number of amides is 1. The molecule has 4 rings (SSSR count). The Morgan fingerprint density at radius 1 is 1.12 bits per heavy atom. The van der Waals surface area contributed by atoms with Gasteiger partial charge in [-0.25, -0.2) is 0 Å². The molecule has 4 nitrogen and oxygen atoms in total. The van der Waals surface area contributed by atoms with Crippen molar-refractivity contribution in [2.24, 2.45) is 0 Å². The highest BCUT2D eigenvalue weighted by Gasteiger charge is 2.46. The van der Waals surface area contributed by atoms with Crippen molar-refractivity contribution < 1.29 is 4.79 Å². The van der Waals surface area contributed by atoms with Crippen LogP contribution in [0.4, 0.5) is 0 Å². The van der Waals surface area contributed by atoms with Crippen LogP contribution < -0.4 is 5.32 Å². The summed E-state index contributed by atoms with van der Waals surface area (Å²) in [5.41, 5.74) is 2.29. The lowest BCUT2D eigenvalue weighted by Crippen LogP contribution is -2.50. The first-order valence-corrected chi connectivity index (χ1v) is 9.96. The third-order valence-corrected chi connectivity index (χ3v) is 6.71. The van der Waals surface area contributed by atoms with Gasteiger partial charge in [-0.15, -0.1) is 11.8 Å². The van der Waals surface area contributed by atoms with E-state index in [0.717, 1.165) is 24.0 Å². The fourth-order valence-electron chi connectivity index (χ4n) is 3.88. The number of benzene rings is 2. The van der Waals surface area contributed by atoms with Gasteiger partial charge in [0.15, 0.2) is 0 Å². The van der Waals surface area contributed by atoms with E-state index in [9.17, 15) is 10.1 Å². The molecule has 0 bridgehead atoms. The van der Waals surface area contributed by atoms with Crippen LogP contribution in [-0.2, 0) is 9.67 Å². The van der Waals surface area contributed by atoms with Gasteiger partial charge in [0.2, 0.25) is 5.91 Å². The zero-order valence-corrected chi connectivity index (χ0v) is 15.3. The minimum Gasteiger partial charge on any atom is -0.325 e. The normalized spacial score (nSPS) is 24.3. The summed E-state index contributed by atoms with van der Waals surface area (Å²) in [6.45, 7) is 0.684. The van der Waals surface area contributed by atoms with Crippen LogP contribution in [0.1, 0.15) is 24.0 Å². The van der Waals surface area contributed by atoms with Crippen molar-refractivity contribution in [2.45, 2.75) is 29.8 Å². The van der Waals surface area contributed by atoms with Crippen molar-refractivity contribution in [3.63, 3.8) is 0 Å². The summed E-state index contributed by atoms with van der Waals surface area (Å²) in [6, 6.07) is 22.3. The lowest BCUT2D eigenvalue weighted by atomic mass is 9.97. The van der Waals surface area contributed by atoms with E-state index >= 15 is 0 Å². The van der Waals surface area contributed by atoms with Gasteiger partial charge in [0.1, 0.15) is 10.9 Å². The molecule has 2 aliphatic heterocycles. The van der Waals surface area contributed by atoms with Gasteiger partial charge in [-0.2, -0.15) is 5.26 Å². The van der Waals surface area contributed by atoms with Gasteiger partial charge in [0, 0.05) is 12.3 Å². The van der Waals surface area contributed by atoms with E-state index in [1.54, 1.807) is 16.7 Å². The third kappa shape index (κ3) is 2.90. The maximum atomic E-state index is 13.1. The second kappa shape index (κ2) is 7.14. The van der Waals surface area contributed by atoms with Gasteiger partial charge in [-0.05, 0) is 24.0 Å². The SMILES string of the molecule is N#C[C@@H]1CCCN1C(=O)[C@@H]1CSC(c2ccccc2)(c2ccccc2)N1. The molecule has 0 spiro atoms. The number of nitrogens with zero attached hydrogens (tertiary/aromatic N) is 2. The van der Waals surface area contributed by atoms with Crippen LogP contribution in [-0.4, -0.2) is 35.2 Å². The van der Waals surface area contributed by atoms with Crippen molar-refractivity contribution in [2.75, 3.05) is 12.3 Å². The van der Waals surface area contributed by atoms with Crippen molar-refractivity contribution in [3.8, 4) is 6.07 Å². The molecule has 1 N–H and O–H groups in total. The fourth-order valence-corrected chi connectivity index (χ4v) is 5.35. The summed E-state index contributed by atoms with van der Waals surface area (Å²) in [4.78, 5) is 14.4. The number of carbonyl (C=O) groups is 1. The molecular formula is C21H21N3OS. The molecule has 26 heavy (non-hydrogen) atoms. The molecule has 2 heterocycles. The molecule has 0 unspecified atom stereocenters. The summed E-state index contributed by atoms with van der Waals surface area (Å²) >= 11 is 1.76. The van der Waals surface area contributed by atoms with Crippen molar-refractivity contribution in [1.29, 1.82) is 5.26 Å². The number of hydrogen-bond acceptors (Lipinski definition) is 4. The molecule has 0 aromatic heterocycles. The highest BCUT2D eigenvalue weighted by molar-refractivity contribution is 8.00. The van der Waals surface area contributed by atoms with Gasteiger partial charge in [0.05, 0.1) is 12.1 Å². The average Bonchev–Trinajstić information content (AvgIpc) is 3.37. The largest absolute Gasteiger partial charge is 0.325 e. The van der Waals surface area contributed by atoms with Crippen molar-refractivity contribution in [3.05, 3.63) is 71.8 Å². The highest BCUT2D eigenvalue weighted by atomic mass is 32.2. The van der Waals surface area contributed by atoms with E-state index in [0.29, 0.717) is 12.3 Å². The van der Waals surface area contributed by atoms with Crippen LogP contribution in [0.5, 0.6) is 0 Å². The molecule has 132 valence electrons. The van der Waals surface area contributed by atoms with Crippen molar-refractivity contribution in [1.82, 2.24) is 10.2 Å². The molecule has 1 amide bonds. The summed E-state index contributed by atoms with van der Waals surface area (Å²) in [5.74, 6) is 0.743. The summed E-state index contributed by atoms with van der Waals surface area (Å²) in [6.07, 6.45) is 1.69. The molecule has 5 heteroatoms. The molecule has 0 aliphatic carbocycles. The predicted octanol–water partition coefficient (Wildman–Crippen LogP) is 3.11. The Bertz CT molecular complexity index is 779. The van der Waals surface area contributed by atoms with E-state index in [1.807, 2.05) is 36.4 Å². The molecule has 0 radical (unpaired) electrons. The second-order valence-corrected chi connectivity index (χ2v) is 7.97. The summed E-state index contributed by atoms with van der Waals surface area (Å²) < 4.78 is 0. The lowest BCUT2D eigenvalue weighted by Gasteiger charge is -2.31. The summed E-state index contributed by atoms with van der Waals surface area (Å²) in [5, 5.41) is 12.9. The molecule has 0 saturated carbocycles. The standard InChI is InChI=1S/C21H21N3OS/c22-14-18-12-7-13-24(18)20(25)19-15-26-21(23-19,16-8-3-1-4-9-16)17-10-5-2-6-11-17/h1-6,8-11,18-19,23H,7,12-13,15H2/t18-,19-/m0/s1. The van der Waals surface area contributed by atoms with Gasteiger partial charge in [-0.3, -0.25) is 10.1 Å². The maximum absolute atomic E-state index is 13.1. The Labute approximate surface area is 158 Å². The van der Waals surface area contributed by atoms with E-state index < -0.39 is 4.87 Å². The number of nitriles is 1. The van der Waals surface area contributed by atoms with E-state index in [1.165, 1.54) is 0 Å². The number of thioether (sulfide) groups is 1. The smallest absolute Gasteiger partial charge is 0.241 e. The molecule has 2 aliphatic rings. The number of nitrogens with one attached hydrogen (secondary N) is 1. The van der Waals surface area contributed by atoms with Gasteiger partial charge >= 0.3 is 0 Å². The monoisotopic (exact) mass is 363 g/mol. The predicted molar refractivity (Wildman–Crippen MR) is 103 cm³/mol. The van der Waals surface area contributed by atoms with E-state index in [-0.39, 0.29) is 18.0 Å². The first kappa shape index (κ1) is 17.1. The second-order valence-electron chi connectivity index (χ2n) is 6.74. The topological polar surface area (TPSA) is 56.1 Å². The van der Waals surface area contributed by atoms with Crippen LogP contribution in [0, 0.1) is 11.3 Å². The molecule has 2 aromatic carbocycles. The molecular weight excluding hydrogens is 342 g/mol. The zero-order valence-electron chi connectivity index (χ0n) is 14.5. The highest BCUT2D eigenvalue weighted by Crippen LogP contribution is 2.45. The Hall–Kier alpha value is -2.29. The third-order valence-electron chi connectivity index (χ3n) is 5.19. The average molecular weight is 363 g/mol. The summed E-state index contributed by atoms with van der Waals surface area (Å²) in [7, 11) is 0. The minimum atomic E-state index is -0.440. The number of rotatable bonds is 3. The molecule has 2 saturated heterocycles. The van der Waals surface area contributed by atoms with Crippen LogP contribution in [0.25, 0.3) is 0 Å². The van der Waals surface area contributed by atoms with Crippen LogP contribution in [0.3, 0.4) is 0 Å². The van der Waals surface area contributed by atoms with E-state index in [4.69, 9.17) is 0 Å². The van der Waals surface area contributed by atoms with Gasteiger partial charge in [0.25, 0.3) is 0 Å². The maximum Gasteiger partial charge on any atom is 0.241 e. The molecule has 2 aromatic rings. The van der Waals surface area contributed by atoms with E-state index in [2.05, 4.69) is 35.7 Å². The first-order chi connectivity index (χ1) is 12.7. The Morgan fingerprint density at radius 3 is 2.31 bits per heavy atom. The van der Waals surface area contributed by atoms with Crippen LogP contribution in [0.15, 0.2) is 60.7 Å². The van der Waals surface area contributed by atoms with Crippen LogP contribution >= 0.6 is 11.8 Å². The van der Waals surface area contributed by atoms with Gasteiger partial charge < -0.3 is 4.90 Å². The molecule has 2 fully saturated rings. The Morgan fingerprint density at radius 2 is 1.73 bits per heavy atom. The first-order valence-electron chi connectivity index (χ1n) is 8.97.